The van der Waals surface area contributed by atoms with Crippen LogP contribution in [0.4, 0.5) is 0 Å². The van der Waals surface area contributed by atoms with Gasteiger partial charge in [-0.15, -0.1) is 0 Å². The Morgan fingerprint density at radius 1 is 1.00 bits per heavy atom. The van der Waals surface area contributed by atoms with E-state index in [1.165, 1.54) is 0 Å². The lowest BCUT2D eigenvalue weighted by Gasteiger charge is -2.34. The summed E-state index contributed by atoms with van der Waals surface area (Å²) in [4.78, 5) is 17.3. The number of para-hydroxylation sites is 1. The van der Waals surface area contributed by atoms with Crippen LogP contribution in [0, 0.1) is 0 Å². The van der Waals surface area contributed by atoms with E-state index in [1.54, 1.807) is 26.4 Å². The first kappa shape index (κ1) is 26.4. The molecule has 0 aliphatic carbocycles. The third-order valence-corrected chi connectivity index (χ3v) is 7.42. The zero-order valence-electron chi connectivity index (χ0n) is 21.9. The average molecular weight is 540 g/mol. The number of hydrogen-bond donors (Lipinski definition) is 1. The SMILES string of the molecule is COc1cccc(-c2ccc(C(=O)N3CCN(Cc4ccc(OC5CCNCC5)c(Cl)c4)CC3)o2)c1OC. The third kappa shape index (κ3) is 5.93. The highest BCUT2D eigenvalue weighted by Crippen LogP contribution is 2.38. The van der Waals surface area contributed by atoms with E-state index >= 15 is 0 Å². The van der Waals surface area contributed by atoms with Crippen LogP contribution >= 0.6 is 11.6 Å². The number of piperidine rings is 1. The highest BCUT2D eigenvalue weighted by atomic mass is 35.5. The Morgan fingerprint density at radius 2 is 1.79 bits per heavy atom. The minimum Gasteiger partial charge on any atom is -0.493 e. The molecule has 0 bridgehead atoms. The number of nitrogens with one attached hydrogen (secondary N) is 1. The van der Waals surface area contributed by atoms with Crippen molar-refractivity contribution >= 4 is 17.5 Å². The molecule has 5 rings (SSSR count). The maximum absolute atomic E-state index is 13.2. The number of hydrogen-bond acceptors (Lipinski definition) is 7. The summed E-state index contributed by atoms with van der Waals surface area (Å²) in [7, 11) is 3.17. The molecule has 2 aromatic carbocycles. The van der Waals surface area contributed by atoms with Crippen molar-refractivity contribution in [1.29, 1.82) is 0 Å². The molecule has 0 saturated carbocycles. The quantitative estimate of drug-likeness (QED) is 0.444. The lowest BCUT2D eigenvalue weighted by Crippen LogP contribution is -2.48. The average Bonchev–Trinajstić information content (AvgIpc) is 3.45. The number of piperazine rings is 1. The first-order valence-corrected chi connectivity index (χ1v) is 13.4. The molecule has 2 aliphatic rings. The summed E-state index contributed by atoms with van der Waals surface area (Å²) in [6.45, 7) is 5.53. The summed E-state index contributed by atoms with van der Waals surface area (Å²) in [5, 5.41) is 4.00. The van der Waals surface area contributed by atoms with E-state index < -0.39 is 0 Å². The molecule has 38 heavy (non-hydrogen) atoms. The molecule has 202 valence electrons. The molecule has 3 aromatic rings. The Balaban J connectivity index is 1.16. The van der Waals surface area contributed by atoms with Crippen LogP contribution in [0.2, 0.25) is 5.02 Å². The fourth-order valence-corrected chi connectivity index (χ4v) is 5.28. The molecule has 1 aromatic heterocycles. The second-order valence-corrected chi connectivity index (χ2v) is 10.0. The monoisotopic (exact) mass is 539 g/mol. The molecular weight excluding hydrogens is 506 g/mol. The lowest BCUT2D eigenvalue weighted by molar-refractivity contribution is 0.0598. The van der Waals surface area contributed by atoms with Gasteiger partial charge in [0, 0.05) is 32.7 Å². The van der Waals surface area contributed by atoms with Gasteiger partial charge < -0.3 is 28.8 Å². The lowest BCUT2D eigenvalue weighted by atomic mass is 10.1. The van der Waals surface area contributed by atoms with Crippen molar-refractivity contribution in [2.75, 3.05) is 53.5 Å². The van der Waals surface area contributed by atoms with Gasteiger partial charge in [0.1, 0.15) is 17.6 Å². The van der Waals surface area contributed by atoms with E-state index in [4.69, 9.17) is 30.2 Å². The minimum atomic E-state index is -0.111. The van der Waals surface area contributed by atoms with Gasteiger partial charge in [-0.25, -0.2) is 0 Å². The van der Waals surface area contributed by atoms with E-state index in [0.29, 0.717) is 41.1 Å². The van der Waals surface area contributed by atoms with Gasteiger partial charge in [0.15, 0.2) is 17.3 Å². The molecule has 0 atom stereocenters. The van der Waals surface area contributed by atoms with E-state index in [0.717, 1.165) is 62.4 Å². The van der Waals surface area contributed by atoms with Crippen LogP contribution < -0.4 is 19.5 Å². The number of rotatable bonds is 8. The van der Waals surface area contributed by atoms with Crippen molar-refractivity contribution < 1.29 is 23.4 Å². The number of furan rings is 1. The zero-order valence-corrected chi connectivity index (χ0v) is 22.6. The Morgan fingerprint density at radius 3 is 2.50 bits per heavy atom. The van der Waals surface area contributed by atoms with Gasteiger partial charge in [0.25, 0.3) is 5.91 Å². The van der Waals surface area contributed by atoms with Gasteiger partial charge in [-0.1, -0.05) is 23.7 Å². The number of ether oxygens (including phenoxy) is 3. The Labute approximate surface area is 228 Å². The van der Waals surface area contributed by atoms with E-state index in [1.807, 2.05) is 35.2 Å². The standard InChI is InChI=1S/C29H34ClN3O5/c1-35-26-5-3-4-22(28(26)36-2)24-8-9-27(38-24)29(34)33-16-14-32(15-17-33)19-20-6-7-25(23(30)18-20)37-21-10-12-31-13-11-21/h3-9,18,21,31H,10-17,19H2,1-2H3. The zero-order chi connectivity index (χ0) is 26.5. The first-order chi connectivity index (χ1) is 18.6. The van der Waals surface area contributed by atoms with Crippen molar-refractivity contribution in [2.45, 2.75) is 25.5 Å². The van der Waals surface area contributed by atoms with Crippen molar-refractivity contribution in [2.24, 2.45) is 0 Å². The summed E-state index contributed by atoms with van der Waals surface area (Å²) in [6.07, 6.45) is 2.21. The van der Waals surface area contributed by atoms with Crippen LogP contribution in [0.25, 0.3) is 11.3 Å². The number of amides is 1. The van der Waals surface area contributed by atoms with Crippen LogP contribution in [-0.2, 0) is 6.54 Å². The molecule has 0 unspecified atom stereocenters. The highest BCUT2D eigenvalue weighted by molar-refractivity contribution is 6.32. The van der Waals surface area contributed by atoms with Gasteiger partial charge >= 0.3 is 0 Å². The number of methoxy groups -OCH3 is 2. The van der Waals surface area contributed by atoms with Crippen LogP contribution in [-0.4, -0.2) is 75.3 Å². The van der Waals surface area contributed by atoms with E-state index in [-0.39, 0.29) is 12.0 Å². The first-order valence-electron chi connectivity index (χ1n) is 13.0. The third-order valence-electron chi connectivity index (χ3n) is 7.13. The normalized spacial score (nSPS) is 16.9. The summed E-state index contributed by atoms with van der Waals surface area (Å²) in [5.41, 5.74) is 1.87. The second-order valence-electron chi connectivity index (χ2n) is 9.61. The largest absolute Gasteiger partial charge is 0.493 e. The van der Waals surface area contributed by atoms with Crippen LogP contribution in [0.15, 0.2) is 52.9 Å². The van der Waals surface area contributed by atoms with Crippen LogP contribution in [0.1, 0.15) is 29.0 Å². The molecule has 1 N–H and O–H groups in total. The Bertz CT molecular complexity index is 1250. The summed E-state index contributed by atoms with van der Waals surface area (Å²) in [6, 6.07) is 15.1. The molecule has 2 fully saturated rings. The Kier molecular flexibility index (Phi) is 8.42. The maximum atomic E-state index is 13.2. The molecule has 0 radical (unpaired) electrons. The van der Waals surface area contributed by atoms with E-state index in [9.17, 15) is 4.79 Å². The predicted molar refractivity (Wildman–Crippen MR) is 146 cm³/mol. The molecule has 8 nitrogen and oxygen atoms in total. The van der Waals surface area contributed by atoms with Crippen molar-refractivity contribution in [3.8, 4) is 28.6 Å². The minimum absolute atomic E-state index is 0.111. The molecule has 3 heterocycles. The number of carbonyl (C=O) groups is 1. The van der Waals surface area contributed by atoms with Crippen LogP contribution in [0.3, 0.4) is 0 Å². The maximum Gasteiger partial charge on any atom is 0.289 e. The highest BCUT2D eigenvalue weighted by Gasteiger charge is 2.25. The Hall–Kier alpha value is -3.20. The van der Waals surface area contributed by atoms with Gasteiger partial charge in [0.05, 0.1) is 24.8 Å². The number of benzene rings is 2. The number of halogens is 1. The van der Waals surface area contributed by atoms with Crippen molar-refractivity contribution in [3.05, 3.63) is 64.9 Å². The fourth-order valence-electron chi connectivity index (χ4n) is 5.03. The molecule has 1 amide bonds. The number of carbonyl (C=O) groups excluding carboxylic acids is 1. The fraction of sp³-hybridized carbons (Fsp3) is 0.414. The smallest absolute Gasteiger partial charge is 0.289 e. The number of nitrogens with zero attached hydrogens (tertiary/aromatic N) is 2. The van der Waals surface area contributed by atoms with E-state index in [2.05, 4.69) is 16.3 Å². The van der Waals surface area contributed by atoms with Crippen LogP contribution in [0.5, 0.6) is 17.2 Å². The molecule has 0 spiro atoms. The van der Waals surface area contributed by atoms with Gasteiger partial charge in [-0.3, -0.25) is 9.69 Å². The van der Waals surface area contributed by atoms with Gasteiger partial charge in [-0.05, 0) is 67.9 Å². The van der Waals surface area contributed by atoms with Crippen molar-refractivity contribution in [1.82, 2.24) is 15.1 Å². The van der Waals surface area contributed by atoms with Gasteiger partial charge in [0.2, 0.25) is 0 Å². The van der Waals surface area contributed by atoms with Crippen molar-refractivity contribution in [3.63, 3.8) is 0 Å². The molecule has 9 heteroatoms. The topological polar surface area (TPSA) is 76.4 Å². The van der Waals surface area contributed by atoms with Gasteiger partial charge in [-0.2, -0.15) is 0 Å². The summed E-state index contributed by atoms with van der Waals surface area (Å²) < 4.78 is 23.0. The predicted octanol–water partition coefficient (Wildman–Crippen LogP) is 4.71. The molecular formula is C29H34ClN3O5. The summed E-state index contributed by atoms with van der Waals surface area (Å²) >= 11 is 6.54. The molecule has 2 saturated heterocycles. The second kappa shape index (κ2) is 12.1. The molecule has 2 aliphatic heterocycles. The summed E-state index contributed by atoms with van der Waals surface area (Å²) in [5.74, 6) is 2.70.